The molecule has 2 saturated heterocycles. The first-order valence-electron chi connectivity index (χ1n) is 7.24. The van der Waals surface area contributed by atoms with Gasteiger partial charge in [-0.05, 0) is 25.8 Å². The van der Waals surface area contributed by atoms with Crippen molar-refractivity contribution in [3.8, 4) is 0 Å². The van der Waals surface area contributed by atoms with Crippen LogP contribution in [0.2, 0.25) is 0 Å². The normalized spacial score (nSPS) is 27.2. The molecule has 110 valence electrons. The molecule has 1 aromatic rings. The Morgan fingerprint density at radius 3 is 2.80 bits per heavy atom. The number of rotatable bonds is 2. The van der Waals surface area contributed by atoms with Gasteiger partial charge in [0.25, 0.3) is 0 Å². The monoisotopic (exact) mass is 278 g/mol. The molecule has 0 N–H and O–H groups in total. The lowest BCUT2D eigenvalue weighted by Crippen LogP contribution is -2.62. The van der Waals surface area contributed by atoms with Crippen molar-refractivity contribution in [1.29, 1.82) is 0 Å². The summed E-state index contributed by atoms with van der Waals surface area (Å²) >= 11 is 0. The molecular formula is C15H22N2O3. The maximum absolute atomic E-state index is 11.7. The zero-order valence-corrected chi connectivity index (χ0v) is 12.2. The Labute approximate surface area is 119 Å². The molecule has 0 radical (unpaired) electrons. The number of likely N-dealkylation sites (N-methyl/N-ethyl adjacent to an activating group) is 1. The van der Waals surface area contributed by atoms with Gasteiger partial charge in [-0.2, -0.15) is 0 Å². The van der Waals surface area contributed by atoms with Gasteiger partial charge >= 0.3 is 0 Å². The van der Waals surface area contributed by atoms with Crippen LogP contribution in [0.15, 0.2) is 23.0 Å². The van der Waals surface area contributed by atoms with Crippen LogP contribution in [0.4, 0.5) is 0 Å². The summed E-state index contributed by atoms with van der Waals surface area (Å²) in [5.41, 5.74) is 1.06. The van der Waals surface area contributed by atoms with Crippen LogP contribution in [0.3, 0.4) is 0 Å². The third-order valence-electron chi connectivity index (χ3n) is 4.91. The van der Waals surface area contributed by atoms with Crippen LogP contribution in [-0.4, -0.2) is 54.1 Å². The van der Waals surface area contributed by atoms with Crippen molar-refractivity contribution in [2.24, 2.45) is 0 Å². The van der Waals surface area contributed by atoms with Gasteiger partial charge in [-0.25, -0.2) is 0 Å². The number of likely N-dealkylation sites (tertiary alicyclic amines) is 1. The van der Waals surface area contributed by atoms with E-state index in [4.69, 9.17) is 9.15 Å². The summed E-state index contributed by atoms with van der Waals surface area (Å²) in [6.07, 6.45) is 5.47. The summed E-state index contributed by atoms with van der Waals surface area (Å²) < 4.78 is 11.1. The molecule has 1 amide bonds. The molecule has 0 aliphatic carbocycles. The van der Waals surface area contributed by atoms with Crippen molar-refractivity contribution in [1.82, 2.24) is 9.80 Å². The zero-order valence-electron chi connectivity index (χ0n) is 12.2. The highest BCUT2D eigenvalue weighted by Crippen LogP contribution is 2.35. The largest absolute Gasteiger partial charge is 0.472 e. The predicted octanol–water partition coefficient (Wildman–Crippen LogP) is 1.49. The Morgan fingerprint density at radius 1 is 1.40 bits per heavy atom. The molecule has 0 saturated carbocycles. The van der Waals surface area contributed by atoms with E-state index in [1.165, 1.54) is 5.56 Å². The standard InChI is InChI=1S/C15H22N2O3/c1-12-15(20-11-14(18)16(12)2)4-6-17(7-5-15)9-13-3-8-19-10-13/h3,8,10,12H,4-7,9,11H2,1-2H3/t12-/m1/s1. The molecule has 0 unspecified atom stereocenters. The second kappa shape index (κ2) is 5.22. The van der Waals surface area contributed by atoms with Crippen LogP contribution in [-0.2, 0) is 16.1 Å². The van der Waals surface area contributed by atoms with Gasteiger partial charge in [0.1, 0.15) is 6.61 Å². The molecule has 5 nitrogen and oxygen atoms in total. The van der Waals surface area contributed by atoms with Crippen LogP contribution in [0.25, 0.3) is 0 Å². The van der Waals surface area contributed by atoms with Crippen molar-refractivity contribution in [2.45, 2.75) is 38.0 Å². The number of amides is 1. The number of furan rings is 1. The third-order valence-corrected chi connectivity index (χ3v) is 4.91. The van der Waals surface area contributed by atoms with Gasteiger partial charge in [-0.1, -0.05) is 0 Å². The number of nitrogens with zero attached hydrogens (tertiary/aromatic N) is 2. The van der Waals surface area contributed by atoms with Crippen LogP contribution in [0.1, 0.15) is 25.3 Å². The summed E-state index contributed by atoms with van der Waals surface area (Å²) in [4.78, 5) is 15.9. The minimum atomic E-state index is -0.157. The number of piperidine rings is 1. The molecule has 3 rings (SSSR count). The average Bonchev–Trinajstić information content (AvgIpc) is 2.96. The van der Waals surface area contributed by atoms with Gasteiger partial charge in [-0.3, -0.25) is 9.69 Å². The van der Waals surface area contributed by atoms with Gasteiger partial charge in [0, 0.05) is 32.2 Å². The Hall–Kier alpha value is -1.33. The van der Waals surface area contributed by atoms with Crippen molar-refractivity contribution < 1.29 is 13.9 Å². The quantitative estimate of drug-likeness (QED) is 0.822. The fourth-order valence-corrected chi connectivity index (χ4v) is 3.29. The molecule has 2 fully saturated rings. The van der Waals surface area contributed by atoms with E-state index in [0.29, 0.717) is 0 Å². The lowest BCUT2D eigenvalue weighted by molar-refractivity contribution is -0.183. The van der Waals surface area contributed by atoms with E-state index in [1.54, 1.807) is 12.5 Å². The summed E-state index contributed by atoms with van der Waals surface area (Å²) in [7, 11) is 1.88. The van der Waals surface area contributed by atoms with Gasteiger partial charge in [0.15, 0.2) is 0 Å². The maximum Gasteiger partial charge on any atom is 0.248 e. The first-order valence-corrected chi connectivity index (χ1v) is 7.24. The Morgan fingerprint density at radius 2 is 2.15 bits per heavy atom. The highest BCUT2D eigenvalue weighted by atomic mass is 16.5. The number of hydrogen-bond acceptors (Lipinski definition) is 4. The van der Waals surface area contributed by atoms with E-state index < -0.39 is 0 Å². The molecule has 2 aliphatic heterocycles. The van der Waals surface area contributed by atoms with E-state index in [1.807, 2.05) is 18.0 Å². The Bertz CT molecular complexity index is 463. The second-order valence-corrected chi connectivity index (χ2v) is 5.94. The number of carbonyl (C=O) groups excluding carboxylic acids is 1. The van der Waals surface area contributed by atoms with E-state index in [0.717, 1.165) is 32.5 Å². The van der Waals surface area contributed by atoms with Gasteiger partial charge in [0.2, 0.25) is 5.91 Å². The molecule has 1 atom stereocenters. The minimum Gasteiger partial charge on any atom is -0.472 e. The van der Waals surface area contributed by atoms with Crippen molar-refractivity contribution >= 4 is 5.91 Å². The third kappa shape index (κ3) is 2.36. The lowest BCUT2D eigenvalue weighted by Gasteiger charge is -2.50. The summed E-state index contributed by atoms with van der Waals surface area (Å²) in [5.74, 6) is 0.0870. The van der Waals surface area contributed by atoms with Gasteiger partial charge in [-0.15, -0.1) is 0 Å². The number of morpholine rings is 1. The molecule has 1 aromatic heterocycles. The number of ether oxygens (including phenoxy) is 1. The van der Waals surface area contributed by atoms with Crippen molar-refractivity contribution in [3.63, 3.8) is 0 Å². The molecular weight excluding hydrogens is 256 g/mol. The topological polar surface area (TPSA) is 45.9 Å². The molecule has 5 heteroatoms. The van der Waals surface area contributed by atoms with E-state index >= 15 is 0 Å². The van der Waals surface area contributed by atoms with Gasteiger partial charge in [0.05, 0.1) is 24.2 Å². The molecule has 3 heterocycles. The van der Waals surface area contributed by atoms with Gasteiger partial charge < -0.3 is 14.1 Å². The first kappa shape index (κ1) is 13.6. The fraction of sp³-hybridized carbons (Fsp3) is 0.667. The maximum atomic E-state index is 11.7. The minimum absolute atomic E-state index is 0.0870. The zero-order chi connectivity index (χ0) is 14.2. The average molecular weight is 278 g/mol. The first-order chi connectivity index (χ1) is 9.61. The van der Waals surface area contributed by atoms with Crippen LogP contribution in [0, 0.1) is 0 Å². The highest BCUT2D eigenvalue weighted by Gasteiger charge is 2.46. The van der Waals surface area contributed by atoms with Crippen molar-refractivity contribution in [2.75, 3.05) is 26.7 Å². The van der Waals surface area contributed by atoms with Crippen molar-refractivity contribution in [3.05, 3.63) is 24.2 Å². The molecule has 1 spiro atoms. The summed E-state index contributed by atoms with van der Waals surface area (Å²) in [6, 6.07) is 2.16. The lowest BCUT2D eigenvalue weighted by atomic mass is 9.83. The Kier molecular flexibility index (Phi) is 3.56. The smallest absolute Gasteiger partial charge is 0.248 e. The van der Waals surface area contributed by atoms with Crippen LogP contribution < -0.4 is 0 Å². The molecule has 0 bridgehead atoms. The van der Waals surface area contributed by atoms with Crippen LogP contribution in [0.5, 0.6) is 0 Å². The summed E-state index contributed by atoms with van der Waals surface area (Å²) in [6.45, 7) is 5.25. The fourth-order valence-electron chi connectivity index (χ4n) is 3.29. The number of hydrogen-bond donors (Lipinski definition) is 0. The SMILES string of the molecule is C[C@H]1N(C)C(=O)COC12CCN(Cc1ccoc1)CC2. The second-order valence-electron chi connectivity index (χ2n) is 5.94. The molecule has 20 heavy (non-hydrogen) atoms. The summed E-state index contributed by atoms with van der Waals surface area (Å²) in [5, 5.41) is 0. The highest BCUT2D eigenvalue weighted by molar-refractivity contribution is 5.78. The molecule has 0 aromatic carbocycles. The predicted molar refractivity (Wildman–Crippen MR) is 74.1 cm³/mol. The number of carbonyl (C=O) groups is 1. The van der Waals surface area contributed by atoms with E-state index in [9.17, 15) is 4.79 Å². The Balaban J connectivity index is 1.61. The molecule has 2 aliphatic rings. The van der Waals surface area contributed by atoms with Crippen LogP contribution >= 0.6 is 0 Å². The van der Waals surface area contributed by atoms with E-state index in [-0.39, 0.29) is 24.2 Å². The van der Waals surface area contributed by atoms with E-state index in [2.05, 4.69) is 11.8 Å².